The Morgan fingerprint density at radius 3 is 2.21 bits per heavy atom. The molecule has 3 atom stereocenters. The summed E-state index contributed by atoms with van der Waals surface area (Å²) >= 11 is 0. The number of nitrogens with one attached hydrogen (secondary N) is 1. The van der Waals surface area contributed by atoms with Crippen LogP contribution >= 0.6 is 0 Å². The molecular formula is C23H33N3O7S. The fraction of sp³-hybridized carbons (Fsp3) is 0.609. The number of rotatable bonds is 7. The van der Waals surface area contributed by atoms with Gasteiger partial charge in [-0.05, 0) is 37.8 Å². The summed E-state index contributed by atoms with van der Waals surface area (Å²) in [4.78, 5) is 40.4. The number of aryl methyl sites for hydroxylation is 1. The number of nitrogens with zero attached hydrogens (tertiary/aromatic N) is 2. The molecule has 0 aromatic heterocycles. The quantitative estimate of drug-likeness (QED) is 0.502. The summed E-state index contributed by atoms with van der Waals surface area (Å²) in [5.41, 5.74) is 0.922. The van der Waals surface area contributed by atoms with E-state index in [1.807, 2.05) is 6.92 Å². The molecule has 2 aliphatic heterocycles. The smallest absolute Gasteiger partial charge is 0.326 e. The van der Waals surface area contributed by atoms with Crippen LogP contribution in [0.1, 0.15) is 38.7 Å². The second kappa shape index (κ2) is 10.4. The third-order valence-electron chi connectivity index (χ3n) is 6.55. The summed E-state index contributed by atoms with van der Waals surface area (Å²) in [6.45, 7) is 5.90. The van der Waals surface area contributed by atoms with Gasteiger partial charge in [0, 0.05) is 32.0 Å². The molecule has 1 aromatic carbocycles. The Kier molecular flexibility index (Phi) is 7.99. The van der Waals surface area contributed by atoms with Gasteiger partial charge in [0.15, 0.2) is 0 Å². The molecule has 0 bridgehead atoms. The van der Waals surface area contributed by atoms with Crippen LogP contribution in [0.15, 0.2) is 29.2 Å². The maximum atomic E-state index is 13.2. The number of carbonyl (C=O) groups is 3. The Balaban J connectivity index is 1.64. The molecule has 2 aliphatic rings. The number of likely N-dealkylation sites (tertiary alicyclic amines) is 2. The normalized spacial score (nSPS) is 22.7. The van der Waals surface area contributed by atoms with Crippen molar-refractivity contribution in [3.8, 4) is 0 Å². The molecule has 1 aromatic rings. The van der Waals surface area contributed by atoms with Gasteiger partial charge >= 0.3 is 5.97 Å². The molecule has 3 rings (SSSR count). The highest BCUT2D eigenvalue weighted by atomic mass is 32.2. The number of carboxylic acids is 1. The third kappa shape index (κ3) is 5.76. The zero-order chi connectivity index (χ0) is 25.2. The summed E-state index contributed by atoms with van der Waals surface area (Å²) in [5, 5.41) is 19.2. The molecular weight excluding hydrogens is 462 g/mol. The summed E-state index contributed by atoms with van der Waals surface area (Å²) in [7, 11) is -3.90. The highest BCUT2D eigenvalue weighted by Gasteiger charge is 2.42. The minimum absolute atomic E-state index is 0.00877. The summed E-state index contributed by atoms with van der Waals surface area (Å²) < 4.78 is 28.2. The van der Waals surface area contributed by atoms with Gasteiger partial charge in [-0.3, -0.25) is 9.59 Å². The van der Waals surface area contributed by atoms with Gasteiger partial charge in [0.25, 0.3) is 0 Å². The minimum atomic E-state index is -3.90. The summed E-state index contributed by atoms with van der Waals surface area (Å²) in [5.74, 6) is -2.56. The number of carboxylic acid groups (broad SMARTS) is 1. The van der Waals surface area contributed by atoms with Gasteiger partial charge in [0.1, 0.15) is 12.1 Å². The number of aliphatic carboxylic acids is 1. The van der Waals surface area contributed by atoms with E-state index >= 15 is 0 Å². The Morgan fingerprint density at radius 2 is 1.68 bits per heavy atom. The Bertz CT molecular complexity index is 1020. The van der Waals surface area contributed by atoms with Crippen LogP contribution < -0.4 is 4.72 Å². The van der Waals surface area contributed by atoms with Crippen LogP contribution in [0, 0.1) is 18.8 Å². The number of hydrogen-bond donors (Lipinski definition) is 3. The van der Waals surface area contributed by atoms with Crippen molar-refractivity contribution in [1.29, 1.82) is 0 Å². The molecule has 0 unspecified atom stereocenters. The van der Waals surface area contributed by atoms with Crippen LogP contribution in [0.5, 0.6) is 0 Å². The maximum absolute atomic E-state index is 13.2. The van der Waals surface area contributed by atoms with E-state index in [1.165, 1.54) is 17.0 Å². The lowest BCUT2D eigenvalue weighted by Gasteiger charge is -2.36. The standard InChI is InChI=1S/C23H33N3O7S/c1-14(2)20(24-34(32,33)18-6-4-15(3)5-7-18)22(29)25-10-8-16(9-11-25)21(28)26-13-17(27)12-19(26)23(30)31/h4-7,14,16-17,19-20,24,27H,8-13H2,1-3H3,(H,30,31)/t17-,19+,20+/m1/s1. The minimum Gasteiger partial charge on any atom is -0.480 e. The molecule has 3 N–H and O–H groups in total. The number of β-amino-alcohol motifs (C(OH)–C–C–N with tert-alkyl or cyclic N) is 1. The molecule has 34 heavy (non-hydrogen) atoms. The fourth-order valence-corrected chi connectivity index (χ4v) is 5.83. The molecule has 10 nitrogen and oxygen atoms in total. The molecule has 0 radical (unpaired) electrons. The number of hydrogen-bond acceptors (Lipinski definition) is 6. The number of aliphatic hydroxyl groups excluding tert-OH is 1. The van der Waals surface area contributed by atoms with Gasteiger partial charge in [-0.1, -0.05) is 31.5 Å². The van der Waals surface area contributed by atoms with Gasteiger partial charge < -0.3 is 20.0 Å². The van der Waals surface area contributed by atoms with E-state index in [4.69, 9.17) is 0 Å². The number of benzene rings is 1. The van der Waals surface area contributed by atoms with Gasteiger partial charge in [-0.25, -0.2) is 13.2 Å². The molecule has 188 valence electrons. The van der Waals surface area contributed by atoms with E-state index in [9.17, 15) is 33.0 Å². The molecule has 2 heterocycles. The van der Waals surface area contributed by atoms with Crippen LogP contribution in [0.3, 0.4) is 0 Å². The second-order valence-corrected chi connectivity index (χ2v) is 11.2. The van der Waals surface area contributed by atoms with Crippen molar-refractivity contribution < 1.29 is 33.0 Å². The molecule has 0 aliphatic carbocycles. The van der Waals surface area contributed by atoms with E-state index in [-0.39, 0.29) is 48.7 Å². The van der Waals surface area contributed by atoms with Crippen molar-refractivity contribution in [2.75, 3.05) is 19.6 Å². The van der Waals surface area contributed by atoms with Crippen LogP contribution in [0.4, 0.5) is 0 Å². The predicted octanol–water partition coefficient (Wildman–Crippen LogP) is 0.583. The topological polar surface area (TPSA) is 144 Å². The lowest BCUT2D eigenvalue weighted by Crippen LogP contribution is -2.54. The van der Waals surface area contributed by atoms with Crippen LogP contribution in [-0.4, -0.2) is 84.0 Å². The zero-order valence-electron chi connectivity index (χ0n) is 19.7. The molecule has 2 fully saturated rings. The Hall–Kier alpha value is -2.50. The van der Waals surface area contributed by atoms with Crippen molar-refractivity contribution in [2.24, 2.45) is 11.8 Å². The first-order valence-electron chi connectivity index (χ1n) is 11.5. The highest BCUT2D eigenvalue weighted by molar-refractivity contribution is 7.89. The zero-order valence-corrected chi connectivity index (χ0v) is 20.5. The number of piperidine rings is 1. The SMILES string of the molecule is Cc1ccc(S(=O)(=O)N[C@H](C(=O)N2CCC(C(=O)N3C[C@H](O)C[C@H]3C(=O)O)CC2)C(C)C)cc1. The summed E-state index contributed by atoms with van der Waals surface area (Å²) in [6, 6.07) is 4.38. The van der Waals surface area contributed by atoms with Crippen molar-refractivity contribution in [2.45, 2.75) is 63.1 Å². The fourth-order valence-electron chi connectivity index (χ4n) is 4.49. The van der Waals surface area contributed by atoms with Crippen LogP contribution in [-0.2, 0) is 24.4 Å². The van der Waals surface area contributed by atoms with E-state index in [0.717, 1.165) is 5.56 Å². The highest BCUT2D eigenvalue weighted by Crippen LogP contribution is 2.26. The first kappa shape index (κ1) is 26.1. The van der Waals surface area contributed by atoms with Gasteiger partial charge in [-0.2, -0.15) is 4.72 Å². The predicted molar refractivity (Wildman–Crippen MR) is 123 cm³/mol. The monoisotopic (exact) mass is 495 g/mol. The number of sulfonamides is 1. The Morgan fingerprint density at radius 1 is 1.09 bits per heavy atom. The Labute approximate surface area is 200 Å². The lowest BCUT2D eigenvalue weighted by atomic mass is 9.93. The van der Waals surface area contributed by atoms with Crippen molar-refractivity contribution >= 4 is 27.8 Å². The van der Waals surface area contributed by atoms with Crippen molar-refractivity contribution in [3.05, 3.63) is 29.8 Å². The second-order valence-electron chi connectivity index (χ2n) is 9.49. The summed E-state index contributed by atoms with van der Waals surface area (Å²) in [6.07, 6.45) is -0.159. The average molecular weight is 496 g/mol. The molecule has 11 heteroatoms. The third-order valence-corrected chi connectivity index (χ3v) is 8.01. The molecule has 0 saturated carbocycles. The molecule has 0 spiro atoms. The van der Waals surface area contributed by atoms with E-state index in [1.54, 1.807) is 30.9 Å². The van der Waals surface area contributed by atoms with Gasteiger partial charge in [-0.15, -0.1) is 0 Å². The van der Waals surface area contributed by atoms with Crippen molar-refractivity contribution in [3.63, 3.8) is 0 Å². The van der Waals surface area contributed by atoms with Crippen molar-refractivity contribution in [1.82, 2.24) is 14.5 Å². The van der Waals surface area contributed by atoms with E-state index < -0.39 is 40.1 Å². The van der Waals surface area contributed by atoms with Gasteiger partial charge in [0.2, 0.25) is 21.8 Å². The lowest BCUT2D eigenvalue weighted by molar-refractivity contribution is -0.151. The van der Waals surface area contributed by atoms with E-state index in [2.05, 4.69) is 4.72 Å². The first-order valence-corrected chi connectivity index (χ1v) is 13.0. The number of carbonyl (C=O) groups excluding carboxylic acids is 2. The van der Waals surface area contributed by atoms with Gasteiger partial charge in [0.05, 0.1) is 11.0 Å². The van der Waals surface area contributed by atoms with E-state index in [0.29, 0.717) is 12.8 Å². The van der Waals surface area contributed by atoms with Crippen LogP contribution in [0.2, 0.25) is 0 Å². The largest absolute Gasteiger partial charge is 0.480 e. The maximum Gasteiger partial charge on any atom is 0.326 e. The average Bonchev–Trinajstić information content (AvgIpc) is 3.19. The first-order chi connectivity index (χ1) is 15.9. The van der Waals surface area contributed by atoms with Crippen LogP contribution in [0.25, 0.3) is 0 Å². The number of aliphatic hydroxyl groups is 1. The number of amides is 2. The molecule has 2 amide bonds. The molecule has 2 saturated heterocycles.